The fourth-order valence-electron chi connectivity index (χ4n) is 3.11. The van der Waals surface area contributed by atoms with E-state index in [1.54, 1.807) is 30.3 Å². The number of esters is 1. The van der Waals surface area contributed by atoms with Gasteiger partial charge in [0.15, 0.2) is 0 Å². The Morgan fingerprint density at radius 3 is 2.15 bits per heavy atom. The van der Waals surface area contributed by atoms with Crippen molar-refractivity contribution in [3.8, 4) is 0 Å². The number of piperidine rings is 1. The Balaban J connectivity index is 1.48. The number of carbonyl (C=O) groups excluding carboxylic acids is 1. The summed E-state index contributed by atoms with van der Waals surface area (Å²) in [7, 11) is -3.48. The van der Waals surface area contributed by atoms with Crippen LogP contribution in [0.25, 0.3) is 0 Å². The lowest BCUT2D eigenvalue weighted by Gasteiger charge is -2.30. The summed E-state index contributed by atoms with van der Waals surface area (Å²) in [5.41, 5.74) is 1.13. The minimum Gasteiger partial charge on any atom is -0.465 e. The van der Waals surface area contributed by atoms with Gasteiger partial charge in [-0.2, -0.15) is 4.31 Å². The van der Waals surface area contributed by atoms with Crippen LogP contribution in [0.2, 0.25) is 0 Å². The molecule has 0 aromatic heterocycles. The van der Waals surface area contributed by atoms with Gasteiger partial charge in [-0.1, -0.05) is 48.5 Å². The van der Waals surface area contributed by atoms with Crippen molar-refractivity contribution in [2.45, 2.75) is 24.2 Å². The topological polar surface area (TPSA) is 63.7 Å². The smallest absolute Gasteiger partial charge is 0.309 e. The minimum absolute atomic E-state index is 0.224. The summed E-state index contributed by atoms with van der Waals surface area (Å²) in [6.07, 6.45) is 1.68. The Labute approximate surface area is 154 Å². The molecule has 1 aliphatic heterocycles. The maximum Gasteiger partial charge on any atom is 0.309 e. The van der Waals surface area contributed by atoms with Crippen LogP contribution in [0.4, 0.5) is 0 Å². The largest absolute Gasteiger partial charge is 0.465 e. The molecule has 0 atom stereocenters. The quantitative estimate of drug-likeness (QED) is 0.731. The van der Waals surface area contributed by atoms with Gasteiger partial charge in [0.2, 0.25) is 10.0 Å². The molecule has 26 heavy (non-hydrogen) atoms. The van der Waals surface area contributed by atoms with Crippen molar-refractivity contribution in [3.63, 3.8) is 0 Å². The first-order chi connectivity index (χ1) is 12.6. The lowest BCUT2D eigenvalue weighted by molar-refractivity contribution is -0.149. The first kappa shape index (κ1) is 18.6. The highest BCUT2D eigenvalue weighted by Gasteiger charge is 2.32. The lowest BCUT2D eigenvalue weighted by Crippen LogP contribution is -2.40. The highest BCUT2D eigenvalue weighted by atomic mass is 32.2. The molecule has 0 spiro atoms. The van der Waals surface area contributed by atoms with E-state index in [1.165, 1.54) is 4.31 Å². The monoisotopic (exact) mass is 373 g/mol. The SMILES string of the molecule is O=C(OCCc1ccccc1)C1CCN(S(=O)(=O)c2ccccc2)CC1. The average Bonchev–Trinajstić information content (AvgIpc) is 2.69. The Kier molecular flexibility index (Phi) is 6.06. The van der Waals surface area contributed by atoms with Crippen LogP contribution in [0, 0.1) is 5.92 Å². The molecule has 0 radical (unpaired) electrons. The van der Waals surface area contributed by atoms with E-state index >= 15 is 0 Å². The van der Waals surface area contributed by atoms with Gasteiger partial charge in [0.05, 0.1) is 17.4 Å². The van der Waals surface area contributed by atoms with Crippen LogP contribution in [0.15, 0.2) is 65.6 Å². The molecule has 138 valence electrons. The number of rotatable bonds is 6. The zero-order valence-electron chi connectivity index (χ0n) is 14.6. The minimum atomic E-state index is -3.48. The molecule has 5 nitrogen and oxygen atoms in total. The van der Waals surface area contributed by atoms with Gasteiger partial charge in [-0.05, 0) is 30.5 Å². The van der Waals surface area contributed by atoms with Crippen LogP contribution in [-0.4, -0.2) is 38.4 Å². The standard InChI is InChI=1S/C20H23NO4S/c22-20(25-16-13-17-7-3-1-4-8-17)18-11-14-21(15-12-18)26(23,24)19-9-5-2-6-10-19/h1-10,18H,11-16H2. The summed E-state index contributed by atoms with van der Waals surface area (Å²) >= 11 is 0. The second-order valence-electron chi connectivity index (χ2n) is 6.39. The summed E-state index contributed by atoms with van der Waals surface area (Å²) in [6, 6.07) is 18.3. The van der Waals surface area contributed by atoms with Crippen LogP contribution < -0.4 is 0 Å². The maximum absolute atomic E-state index is 12.6. The van der Waals surface area contributed by atoms with Crippen molar-refractivity contribution < 1.29 is 17.9 Å². The van der Waals surface area contributed by atoms with Gasteiger partial charge in [0, 0.05) is 19.5 Å². The van der Waals surface area contributed by atoms with Crippen molar-refractivity contribution in [3.05, 3.63) is 66.2 Å². The molecule has 0 unspecified atom stereocenters. The second kappa shape index (κ2) is 8.47. The van der Waals surface area contributed by atoms with E-state index in [0.29, 0.717) is 43.9 Å². The highest BCUT2D eigenvalue weighted by molar-refractivity contribution is 7.89. The third-order valence-electron chi connectivity index (χ3n) is 4.65. The molecular weight excluding hydrogens is 350 g/mol. The fraction of sp³-hybridized carbons (Fsp3) is 0.350. The Morgan fingerprint density at radius 1 is 0.962 bits per heavy atom. The van der Waals surface area contributed by atoms with Gasteiger partial charge in [-0.3, -0.25) is 4.79 Å². The first-order valence-corrected chi connectivity index (χ1v) is 10.3. The summed E-state index contributed by atoms with van der Waals surface area (Å²) < 4.78 is 32.0. The van der Waals surface area contributed by atoms with Crippen LogP contribution in [-0.2, 0) is 26.0 Å². The van der Waals surface area contributed by atoms with Crippen LogP contribution in [0.1, 0.15) is 18.4 Å². The Hall–Kier alpha value is -2.18. The van der Waals surface area contributed by atoms with Gasteiger partial charge in [0.25, 0.3) is 0 Å². The van der Waals surface area contributed by atoms with Gasteiger partial charge in [-0.15, -0.1) is 0 Å². The van der Waals surface area contributed by atoms with Gasteiger partial charge in [0.1, 0.15) is 0 Å². The van der Waals surface area contributed by atoms with Gasteiger partial charge >= 0.3 is 5.97 Å². The van der Waals surface area contributed by atoms with Gasteiger partial charge < -0.3 is 4.74 Å². The number of benzene rings is 2. The third-order valence-corrected chi connectivity index (χ3v) is 6.56. The van der Waals surface area contributed by atoms with Crippen molar-refractivity contribution in [2.75, 3.05) is 19.7 Å². The molecule has 0 N–H and O–H groups in total. The third kappa shape index (κ3) is 4.51. The van der Waals surface area contributed by atoms with Crippen LogP contribution in [0.3, 0.4) is 0 Å². The summed E-state index contributed by atoms with van der Waals surface area (Å²) in [6.45, 7) is 1.04. The molecule has 1 fully saturated rings. The zero-order valence-corrected chi connectivity index (χ0v) is 15.4. The maximum atomic E-state index is 12.6. The zero-order chi connectivity index (χ0) is 18.4. The molecular formula is C20H23NO4S. The highest BCUT2D eigenvalue weighted by Crippen LogP contribution is 2.24. The molecule has 2 aromatic carbocycles. The van der Waals surface area contributed by atoms with Crippen molar-refractivity contribution >= 4 is 16.0 Å². The summed E-state index contributed by atoms with van der Waals surface area (Å²) in [5, 5.41) is 0. The number of sulfonamides is 1. The van der Waals surface area contributed by atoms with E-state index in [1.807, 2.05) is 30.3 Å². The molecule has 0 saturated carbocycles. The van der Waals surface area contributed by atoms with Crippen LogP contribution >= 0.6 is 0 Å². The normalized spacial score (nSPS) is 16.3. The molecule has 3 rings (SSSR count). The average molecular weight is 373 g/mol. The number of hydrogen-bond acceptors (Lipinski definition) is 4. The predicted octanol–water partition coefficient (Wildman–Crippen LogP) is 2.87. The molecule has 6 heteroatoms. The second-order valence-corrected chi connectivity index (χ2v) is 8.33. The van der Waals surface area contributed by atoms with Gasteiger partial charge in [-0.25, -0.2) is 8.42 Å². The predicted molar refractivity (Wildman–Crippen MR) is 99.0 cm³/mol. The number of hydrogen-bond donors (Lipinski definition) is 0. The van der Waals surface area contributed by atoms with E-state index in [-0.39, 0.29) is 11.9 Å². The summed E-state index contributed by atoms with van der Waals surface area (Å²) in [4.78, 5) is 12.5. The Morgan fingerprint density at radius 2 is 1.54 bits per heavy atom. The van der Waals surface area contributed by atoms with E-state index in [2.05, 4.69) is 0 Å². The van der Waals surface area contributed by atoms with E-state index in [9.17, 15) is 13.2 Å². The number of ether oxygens (including phenoxy) is 1. The molecule has 1 saturated heterocycles. The van der Waals surface area contributed by atoms with Crippen molar-refractivity contribution in [2.24, 2.45) is 5.92 Å². The van der Waals surface area contributed by atoms with Crippen molar-refractivity contribution in [1.29, 1.82) is 0 Å². The molecule has 1 heterocycles. The van der Waals surface area contributed by atoms with E-state index < -0.39 is 10.0 Å². The molecule has 2 aromatic rings. The van der Waals surface area contributed by atoms with E-state index in [0.717, 1.165) is 5.56 Å². The first-order valence-electron chi connectivity index (χ1n) is 8.83. The fourth-order valence-corrected chi connectivity index (χ4v) is 4.60. The molecule has 0 amide bonds. The molecule has 0 bridgehead atoms. The van der Waals surface area contributed by atoms with E-state index in [4.69, 9.17) is 4.74 Å². The Bertz CT molecular complexity index is 813. The van der Waals surface area contributed by atoms with Crippen LogP contribution in [0.5, 0.6) is 0 Å². The number of carbonyl (C=O) groups is 1. The van der Waals surface area contributed by atoms with Crippen molar-refractivity contribution in [1.82, 2.24) is 4.31 Å². The molecule has 0 aliphatic carbocycles. The molecule has 1 aliphatic rings. The summed E-state index contributed by atoms with van der Waals surface area (Å²) in [5.74, 6) is -0.453. The number of nitrogens with zero attached hydrogens (tertiary/aromatic N) is 1. The lowest BCUT2D eigenvalue weighted by atomic mass is 9.98.